The molecule has 0 aliphatic heterocycles. The van der Waals surface area contributed by atoms with Crippen molar-refractivity contribution in [3.63, 3.8) is 0 Å². The maximum Gasteiger partial charge on any atom is 0.472 e. The van der Waals surface area contributed by atoms with E-state index in [0.29, 0.717) is 31.6 Å². The Morgan fingerprint density at radius 1 is 0.263 bits per heavy atom. The molecule has 0 spiro atoms. The number of ether oxygens (including phenoxy) is 4. The number of aliphatic hydroxyl groups is 1. The molecule has 0 bridgehead atoms. The normalized spacial score (nSPS) is 14.1. The van der Waals surface area contributed by atoms with Crippen molar-refractivity contribution in [2.75, 3.05) is 39.6 Å². The first-order valence-electron chi connectivity index (χ1n) is 39.2. The Morgan fingerprint density at radius 2 is 0.442 bits per heavy atom. The second kappa shape index (κ2) is 65.4. The van der Waals surface area contributed by atoms with E-state index < -0.39 is 97.5 Å². The molecule has 0 rings (SSSR count). The fourth-order valence-electron chi connectivity index (χ4n) is 11.6. The van der Waals surface area contributed by atoms with Gasteiger partial charge in [0.1, 0.15) is 19.3 Å². The van der Waals surface area contributed by atoms with E-state index in [1.54, 1.807) is 0 Å². The van der Waals surface area contributed by atoms with E-state index in [4.69, 9.17) is 37.0 Å². The lowest BCUT2D eigenvalue weighted by Gasteiger charge is -2.21. The van der Waals surface area contributed by atoms with Crippen LogP contribution < -0.4 is 0 Å². The third kappa shape index (κ3) is 70.3. The molecule has 0 saturated heterocycles. The number of carbonyl (C=O) groups excluding carboxylic acids is 4. The van der Waals surface area contributed by atoms with Crippen LogP contribution in [0.15, 0.2) is 0 Å². The number of hydrogen-bond donors (Lipinski definition) is 3. The molecule has 95 heavy (non-hydrogen) atoms. The molecule has 3 unspecified atom stereocenters. The molecule has 0 radical (unpaired) electrons. The van der Waals surface area contributed by atoms with E-state index in [0.717, 1.165) is 114 Å². The summed E-state index contributed by atoms with van der Waals surface area (Å²) >= 11 is 0. The quantitative estimate of drug-likeness (QED) is 0.0222. The average molecular weight is 1400 g/mol. The van der Waals surface area contributed by atoms with E-state index in [-0.39, 0.29) is 25.7 Å². The second-order valence-corrected chi connectivity index (χ2v) is 32.2. The summed E-state index contributed by atoms with van der Waals surface area (Å²) in [6.45, 7) is 14.1. The molecule has 0 aromatic carbocycles. The van der Waals surface area contributed by atoms with Crippen LogP contribution in [0, 0.1) is 23.7 Å². The number of aliphatic hydroxyl groups excluding tert-OH is 1. The Labute approximate surface area is 581 Å². The number of esters is 4. The molecule has 5 atom stereocenters. The number of carbonyl (C=O) groups is 4. The van der Waals surface area contributed by atoms with Crippen LogP contribution in [-0.2, 0) is 65.4 Å². The van der Waals surface area contributed by atoms with Crippen molar-refractivity contribution in [1.82, 2.24) is 0 Å². The van der Waals surface area contributed by atoms with Crippen molar-refractivity contribution in [1.29, 1.82) is 0 Å². The van der Waals surface area contributed by atoms with Crippen LogP contribution in [0.2, 0.25) is 0 Å². The van der Waals surface area contributed by atoms with Gasteiger partial charge >= 0.3 is 39.5 Å². The fraction of sp³-hybridized carbons (Fsp3) is 0.947. The summed E-state index contributed by atoms with van der Waals surface area (Å²) in [5.41, 5.74) is 0. The van der Waals surface area contributed by atoms with Gasteiger partial charge in [-0.25, -0.2) is 9.13 Å². The molecule has 0 saturated carbocycles. The van der Waals surface area contributed by atoms with Gasteiger partial charge in [-0.05, 0) is 49.4 Å². The number of unbranched alkanes of at least 4 members (excludes halogenated alkanes) is 39. The molecule has 3 N–H and O–H groups in total. The summed E-state index contributed by atoms with van der Waals surface area (Å²) in [4.78, 5) is 72.7. The lowest BCUT2D eigenvalue weighted by Crippen LogP contribution is -2.30. The molecule has 0 amide bonds. The molecule has 17 nitrogen and oxygen atoms in total. The lowest BCUT2D eigenvalue weighted by molar-refractivity contribution is -0.161. The van der Waals surface area contributed by atoms with Crippen LogP contribution in [0.5, 0.6) is 0 Å². The summed E-state index contributed by atoms with van der Waals surface area (Å²) in [5.74, 6) is 0.878. The summed E-state index contributed by atoms with van der Waals surface area (Å²) in [5, 5.41) is 10.6. The van der Waals surface area contributed by atoms with E-state index >= 15 is 0 Å². The minimum atomic E-state index is -4.96. The molecule has 0 fully saturated rings. The largest absolute Gasteiger partial charge is 0.472 e. The number of phosphoric acid groups is 2. The van der Waals surface area contributed by atoms with Crippen LogP contribution in [0.1, 0.15) is 383 Å². The minimum absolute atomic E-state index is 0.106. The van der Waals surface area contributed by atoms with E-state index in [2.05, 4.69) is 55.4 Å². The highest BCUT2D eigenvalue weighted by Gasteiger charge is 2.30. The third-order valence-corrected chi connectivity index (χ3v) is 19.5. The minimum Gasteiger partial charge on any atom is -0.462 e. The van der Waals surface area contributed by atoms with Gasteiger partial charge in [-0.1, -0.05) is 331 Å². The van der Waals surface area contributed by atoms with Gasteiger partial charge in [-0.2, -0.15) is 0 Å². The van der Waals surface area contributed by atoms with Crippen molar-refractivity contribution >= 4 is 39.5 Å². The van der Waals surface area contributed by atoms with Gasteiger partial charge in [0.05, 0.1) is 26.4 Å². The second-order valence-electron chi connectivity index (χ2n) is 29.3. The summed E-state index contributed by atoms with van der Waals surface area (Å²) in [6, 6.07) is 0. The van der Waals surface area contributed by atoms with Gasteiger partial charge in [0, 0.05) is 25.7 Å². The highest BCUT2D eigenvalue weighted by Crippen LogP contribution is 2.45. The van der Waals surface area contributed by atoms with E-state index in [9.17, 15) is 43.2 Å². The lowest BCUT2D eigenvalue weighted by atomic mass is 10.0. The zero-order valence-electron chi connectivity index (χ0n) is 62.3. The number of phosphoric ester groups is 2. The van der Waals surface area contributed by atoms with Crippen LogP contribution in [-0.4, -0.2) is 96.7 Å². The Balaban J connectivity index is 5.20. The predicted octanol–water partition coefficient (Wildman–Crippen LogP) is 22.0. The van der Waals surface area contributed by atoms with E-state index in [1.165, 1.54) is 180 Å². The third-order valence-electron chi connectivity index (χ3n) is 17.6. The molecule has 0 aromatic heterocycles. The number of hydrogen-bond acceptors (Lipinski definition) is 15. The molecular weight excluding hydrogens is 1250 g/mol. The zero-order valence-corrected chi connectivity index (χ0v) is 64.1. The van der Waals surface area contributed by atoms with Crippen molar-refractivity contribution in [3.8, 4) is 0 Å². The number of rotatable bonds is 73. The van der Waals surface area contributed by atoms with Gasteiger partial charge in [-0.15, -0.1) is 0 Å². The maximum absolute atomic E-state index is 13.1. The first-order chi connectivity index (χ1) is 45.6. The fourth-order valence-corrected chi connectivity index (χ4v) is 13.1. The van der Waals surface area contributed by atoms with Gasteiger partial charge in [0.25, 0.3) is 0 Å². The monoisotopic (exact) mass is 1400 g/mol. The van der Waals surface area contributed by atoms with Crippen LogP contribution in [0.3, 0.4) is 0 Å². The van der Waals surface area contributed by atoms with Crippen LogP contribution >= 0.6 is 15.6 Å². The Bertz CT molecular complexity index is 1870. The van der Waals surface area contributed by atoms with Gasteiger partial charge in [-0.3, -0.25) is 37.3 Å². The first kappa shape index (κ1) is 93.1. The van der Waals surface area contributed by atoms with Crippen molar-refractivity contribution in [3.05, 3.63) is 0 Å². The molecule has 564 valence electrons. The zero-order chi connectivity index (χ0) is 70.3. The molecule has 0 aliphatic rings. The van der Waals surface area contributed by atoms with Gasteiger partial charge in [0.2, 0.25) is 0 Å². The Kier molecular flexibility index (Phi) is 64.0. The highest BCUT2D eigenvalue weighted by molar-refractivity contribution is 7.47. The summed E-state index contributed by atoms with van der Waals surface area (Å²) in [7, 11) is -9.91. The Morgan fingerprint density at radius 3 is 0.653 bits per heavy atom. The molecular formula is C76H148O17P2. The van der Waals surface area contributed by atoms with Crippen molar-refractivity contribution < 1.29 is 80.2 Å². The van der Waals surface area contributed by atoms with Crippen molar-refractivity contribution in [2.24, 2.45) is 23.7 Å². The average Bonchev–Trinajstić information content (AvgIpc) is 1.65. The van der Waals surface area contributed by atoms with E-state index in [1.807, 2.05) is 0 Å². The molecule has 0 aromatic rings. The first-order valence-corrected chi connectivity index (χ1v) is 42.2. The van der Waals surface area contributed by atoms with Gasteiger partial charge in [0.15, 0.2) is 12.2 Å². The highest BCUT2D eigenvalue weighted by atomic mass is 31.2. The van der Waals surface area contributed by atoms with Crippen LogP contribution in [0.4, 0.5) is 0 Å². The van der Waals surface area contributed by atoms with Gasteiger partial charge < -0.3 is 33.8 Å². The van der Waals surface area contributed by atoms with Crippen molar-refractivity contribution in [2.45, 2.75) is 401 Å². The molecule has 19 heteroatoms. The molecule has 0 heterocycles. The van der Waals surface area contributed by atoms with Crippen LogP contribution in [0.25, 0.3) is 0 Å². The molecule has 0 aliphatic carbocycles. The Hall–Kier alpha value is -1.94. The summed E-state index contributed by atoms with van der Waals surface area (Å²) in [6.07, 6.45) is 50.2. The standard InChI is InChI=1S/C76H148O17P2/c1-66(2)52-44-36-28-22-18-14-11-9-10-12-16-20-24-32-42-50-58-76(81)93-72(63-87-74(79)57-49-41-35-34-39-47-55-69(7)8)65-91-95(84,85)89-61-70(77)60-88-94(82,83)90-64-71(62-86-73(78)56-48-40-31-27-26-30-38-46-54-68(5)6)92-75(80)59-51-43-33-25-21-17-13-15-19-23-29-37-45-53-67(3)4/h66-72,77H,9-65H2,1-8H3,(H,82,83)(H,84,85)/t70?,71-,72-/m1/s1. The smallest absolute Gasteiger partial charge is 0.462 e. The maximum atomic E-state index is 13.1. The predicted molar refractivity (Wildman–Crippen MR) is 386 cm³/mol. The SMILES string of the molecule is CC(C)CCCCCCCCCCCCCCCCCCC(=O)O[C@H](COC(=O)CCCCCCCCC(C)C)COP(=O)(O)OCC(O)COP(=O)(O)OC[C@@H](COC(=O)CCCCCCCCCCC(C)C)OC(=O)CCCCCCCCCCCCCCCC(C)C. The topological polar surface area (TPSA) is 237 Å². The summed E-state index contributed by atoms with van der Waals surface area (Å²) < 4.78 is 68.5.